The summed E-state index contributed by atoms with van der Waals surface area (Å²) in [5, 5.41) is 55.8. The number of hydrogen-bond donors (Lipinski definition) is 10. The zero-order valence-electron chi connectivity index (χ0n) is 42.2. The van der Waals surface area contributed by atoms with E-state index in [2.05, 4.69) is 40.8 Å². The van der Waals surface area contributed by atoms with E-state index in [-0.39, 0.29) is 56.3 Å². The summed E-state index contributed by atoms with van der Waals surface area (Å²) in [6.45, 7) is 0.960. The summed E-state index contributed by atoms with van der Waals surface area (Å²) in [4.78, 5) is 9.05. The van der Waals surface area contributed by atoms with Crippen LogP contribution in [0.3, 0.4) is 0 Å². The largest absolute Gasteiger partial charge is 0.505 e. The number of phenolic OH excluding ortho intramolecular Hbond substituents is 1. The van der Waals surface area contributed by atoms with Gasteiger partial charge in [0.1, 0.15) is 53.0 Å². The molecule has 86 heavy (non-hydrogen) atoms. The van der Waals surface area contributed by atoms with Crippen LogP contribution in [0.4, 0.5) is 33.6 Å². The van der Waals surface area contributed by atoms with Crippen LogP contribution in [0.15, 0.2) is 127 Å². The van der Waals surface area contributed by atoms with Crippen LogP contribution in [0.25, 0.3) is 37.4 Å². The first kappa shape index (κ1) is 63.8. The van der Waals surface area contributed by atoms with Gasteiger partial charge in [0, 0.05) is 33.7 Å². The average molecular weight is 1350 g/mol. The zero-order valence-corrected chi connectivity index (χ0v) is 48.7. The molecule has 0 saturated carbocycles. The second-order valence-corrected chi connectivity index (χ2v) is 28.2. The number of fused-ring (bicyclic) bond motifs is 3. The lowest BCUT2D eigenvalue weighted by Crippen LogP contribution is -2.09. The number of aromatic nitrogens is 3. The molecular weight excluding hydrogens is 1320 g/mol. The SMILES string of the molecule is COc1cc2sc(N=Nc3cc(OCCCS(=O)(=O)O)c(N=Nc4c(S(=O)(=O)O)cc5c(S(=O)(=O)O)c(N=Nc6c(C(=O)O)nn(-c7cc(S(=O)(=O)O)c8cc(S(=O)(=O)O)cc(S(=O)(=O)O)c8c7)c6O)ccc5c4O)cc3C)nc2cc1S(=O)(=O)O. The summed E-state index contributed by atoms with van der Waals surface area (Å²) in [6.07, 6.45) is -0.344. The molecule has 8 rings (SSSR count). The first-order valence-corrected chi connectivity index (χ1v) is 33.4. The minimum atomic E-state index is -5.75. The number of carbonyl (C=O) groups is 1. The van der Waals surface area contributed by atoms with Crippen molar-refractivity contribution in [2.75, 3.05) is 19.5 Å². The highest BCUT2D eigenvalue weighted by Crippen LogP contribution is 2.48. The molecule has 0 radical (unpaired) electrons. The van der Waals surface area contributed by atoms with Crippen LogP contribution in [0, 0.1) is 6.92 Å². The van der Waals surface area contributed by atoms with E-state index in [0.29, 0.717) is 35.0 Å². The number of hydrogen-bond acceptors (Lipinski definition) is 28. The maximum Gasteiger partial charge on any atom is 0.358 e. The molecule has 0 unspecified atom stereocenters. The van der Waals surface area contributed by atoms with Crippen LogP contribution < -0.4 is 9.47 Å². The Balaban J connectivity index is 1.23. The highest BCUT2D eigenvalue weighted by Gasteiger charge is 2.32. The quantitative estimate of drug-likeness (QED) is 0.0218. The summed E-state index contributed by atoms with van der Waals surface area (Å²) >= 11 is 0.907. The Morgan fingerprint density at radius 3 is 1.76 bits per heavy atom. The number of carboxylic acids is 1. The molecule has 10 N–H and O–H groups in total. The average Bonchev–Trinajstić information content (AvgIpc) is 0.864. The van der Waals surface area contributed by atoms with E-state index in [0.717, 1.165) is 36.6 Å². The van der Waals surface area contributed by atoms with E-state index in [9.17, 15) is 111 Å². The minimum absolute atomic E-state index is 0.0116. The maximum atomic E-state index is 13.1. The monoisotopic (exact) mass is 1350 g/mol. The van der Waals surface area contributed by atoms with Crippen molar-refractivity contribution in [2.24, 2.45) is 30.7 Å². The Kier molecular flexibility index (Phi) is 16.7. The predicted octanol–water partition coefficient (Wildman–Crippen LogP) is 6.60. The number of carboxylic acid groups (broad SMARTS) is 1. The third-order valence-corrected chi connectivity index (χ3v) is 18.6. The van der Waals surface area contributed by atoms with Crippen molar-refractivity contribution >= 4 is 153 Å². The number of aromatic hydroxyl groups is 2. The van der Waals surface area contributed by atoms with Gasteiger partial charge in [-0.2, -0.15) is 68.7 Å². The van der Waals surface area contributed by atoms with Gasteiger partial charge < -0.3 is 24.8 Å². The molecule has 456 valence electrons. The third-order valence-electron chi connectivity index (χ3n) is 11.6. The van der Waals surface area contributed by atoms with Crippen molar-refractivity contribution in [1.82, 2.24) is 14.8 Å². The minimum Gasteiger partial charge on any atom is -0.505 e. The van der Waals surface area contributed by atoms with Crippen LogP contribution >= 0.6 is 11.3 Å². The summed E-state index contributed by atoms with van der Waals surface area (Å²) in [5.74, 6) is -6.18. The van der Waals surface area contributed by atoms with Crippen LogP contribution in [-0.4, -0.2) is 146 Å². The Morgan fingerprint density at radius 2 is 1.17 bits per heavy atom. The van der Waals surface area contributed by atoms with Gasteiger partial charge in [-0.3, -0.25) is 31.9 Å². The molecule has 0 aliphatic carbocycles. The lowest BCUT2D eigenvalue weighted by molar-refractivity contribution is 0.0690. The number of aromatic carboxylic acids is 1. The fourth-order valence-electron chi connectivity index (χ4n) is 7.91. The maximum absolute atomic E-state index is 13.1. The van der Waals surface area contributed by atoms with Crippen molar-refractivity contribution in [1.29, 1.82) is 0 Å². The fraction of sp³-hybridized carbons (Fsp3) is 0.119. The van der Waals surface area contributed by atoms with Crippen molar-refractivity contribution < 1.29 is 120 Å². The van der Waals surface area contributed by atoms with Crippen molar-refractivity contribution in [3.8, 4) is 28.8 Å². The van der Waals surface area contributed by atoms with Crippen LogP contribution in [-0.2, 0) is 70.8 Å². The van der Waals surface area contributed by atoms with Crippen molar-refractivity contribution in [3.63, 3.8) is 0 Å². The van der Waals surface area contributed by atoms with E-state index in [1.165, 1.54) is 19.1 Å². The number of phenols is 1. The van der Waals surface area contributed by atoms with E-state index >= 15 is 0 Å². The van der Waals surface area contributed by atoms with Crippen LogP contribution in [0.1, 0.15) is 22.5 Å². The predicted molar refractivity (Wildman–Crippen MR) is 291 cm³/mol. The van der Waals surface area contributed by atoms with E-state index in [1.54, 1.807) is 0 Å². The van der Waals surface area contributed by atoms with Gasteiger partial charge in [0.2, 0.25) is 16.7 Å². The zero-order chi connectivity index (χ0) is 63.8. The number of benzene rings is 6. The number of ether oxygens (including phenoxy) is 2. The summed E-state index contributed by atoms with van der Waals surface area (Å²) in [5.41, 5.74) is -5.80. The van der Waals surface area contributed by atoms with E-state index in [1.807, 2.05) is 0 Å². The molecule has 0 fully saturated rings. The number of methoxy groups -OCH3 is 1. The van der Waals surface area contributed by atoms with Gasteiger partial charge in [-0.25, -0.2) is 9.78 Å². The van der Waals surface area contributed by atoms with Crippen molar-refractivity contribution in [3.05, 3.63) is 78.0 Å². The molecule has 6 aromatic carbocycles. The number of rotatable bonds is 20. The van der Waals surface area contributed by atoms with E-state index < -0.39 is 180 Å². The molecule has 0 atom stereocenters. The highest BCUT2D eigenvalue weighted by atomic mass is 32.2. The Labute approximate surface area is 485 Å². The molecule has 0 amide bonds. The molecule has 2 aromatic heterocycles. The number of azo groups is 3. The number of aryl methyl sites for hydroxylation is 1. The third kappa shape index (κ3) is 13.4. The standard InChI is InChI=1S/C42H33N9O27S8/c1-17-8-26(28(78-6-3-7-80(56,57)58)14-25(17)45-49-42-43-27-15-33(84(68,69)70)29(77-2)16-30(27)79-42)46-47-35-34(85(71,72)73)13-23-20(38(35)52)4-5-24(39(23)86(74,75)76)44-48-36-37(41(54)55)50-51(40(36)53)18-9-21-22(31(10-18)82(62,63)64)11-19(81(59,60)61)12-32(21)83(65,66)67/h4-5,8-16,52-53H,3,6-7H2,1-2H3,(H,54,55)(H,56,57,58)(H,59,60,61)(H,62,63,64)(H,65,66,67)(H,68,69,70)(H,71,72,73)(H,74,75,76). The Hall–Kier alpha value is -8.22. The molecule has 44 heteroatoms. The summed E-state index contributed by atoms with van der Waals surface area (Å²) < 4.78 is 254. The summed E-state index contributed by atoms with van der Waals surface area (Å²) in [6, 6.07) is 7.87. The number of nitrogens with zero attached hydrogens (tertiary/aromatic N) is 9. The van der Waals surface area contributed by atoms with Crippen LogP contribution in [0.2, 0.25) is 0 Å². The smallest absolute Gasteiger partial charge is 0.358 e. The molecule has 0 bridgehead atoms. The van der Waals surface area contributed by atoms with Gasteiger partial charge in [-0.05, 0) is 73.5 Å². The molecule has 0 saturated heterocycles. The molecule has 0 aliphatic heterocycles. The van der Waals surface area contributed by atoms with Gasteiger partial charge >= 0.3 is 5.97 Å². The fourth-order valence-corrected chi connectivity index (χ4v) is 13.4. The van der Waals surface area contributed by atoms with Gasteiger partial charge in [-0.1, -0.05) is 11.3 Å². The van der Waals surface area contributed by atoms with Gasteiger partial charge in [0.15, 0.2) is 11.4 Å². The lowest BCUT2D eigenvalue weighted by atomic mass is 10.1. The van der Waals surface area contributed by atoms with E-state index in [4.69, 9.17) is 9.47 Å². The molecule has 2 heterocycles. The first-order valence-electron chi connectivity index (χ1n) is 22.4. The molecular formula is C42H33N9O27S8. The van der Waals surface area contributed by atoms with Gasteiger partial charge in [0.05, 0.1) is 46.0 Å². The Morgan fingerprint density at radius 1 is 0.581 bits per heavy atom. The molecule has 0 spiro atoms. The van der Waals surface area contributed by atoms with Gasteiger partial charge in [-0.15, -0.1) is 30.7 Å². The molecule has 0 aliphatic rings. The van der Waals surface area contributed by atoms with Gasteiger partial charge in [0.25, 0.3) is 70.8 Å². The second kappa shape index (κ2) is 22.6. The second-order valence-electron chi connectivity index (χ2n) is 17.3. The number of thiazole rings is 1. The summed E-state index contributed by atoms with van der Waals surface area (Å²) in [7, 11) is -36.1. The normalized spacial score (nSPS) is 13.3. The molecule has 36 nitrogen and oxygen atoms in total. The Bertz CT molecular complexity index is 5200. The topological polar surface area (TPSA) is 582 Å². The van der Waals surface area contributed by atoms with Crippen LogP contribution in [0.5, 0.6) is 23.1 Å². The molecule has 8 aromatic rings. The highest BCUT2D eigenvalue weighted by molar-refractivity contribution is 7.88. The first-order chi connectivity index (χ1) is 39.6. The lowest BCUT2D eigenvalue weighted by Gasteiger charge is -2.13. The van der Waals surface area contributed by atoms with Crippen molar-refractivity contribution in [2.45, 2.75) is 42.7 Å².